The Morgan fingerprint density at radius 2 is 2.00 bits per heavy atom. The summed E-state index contributed by atoms with van der Waals surface area (Å²) in [6, 6.07) is 0. The largest absolute Gasteiger partial charge is 0.378 e. The Morgan fingerprint density at radius 3 is 2.33 bits per heavy atom. The summed E-state index contributed by atoms with van der Waals surface area (Å²) in [5.74, 6) is 1.78. The molecular formula is C11H22O. The molecule has 0 bridgehead atoms. The maximum absolute atomic E-state index is 5.53. The van der Waals surface area contributed by atoms with Gasteiger partial charge in [-0.05, 0) is 37.5 Å². The van der Waals surface area contributed by atoms with Crippen LogP contribution in [0.25, 0.3) is 0 Å². The fourth-order valence-electron chi connectivity index (χ4n) is 2.43. The van der Waals surface area contributed by atoms with Crippen LogP contribution in [0.15, 0.2) is 0 Å². The first kappa shape index (κ1) is 10.0. The third-order valence-electron chi connectivity index (χ3n) is 3.20. The van der Waals surface area contributed by atoms with E-state index in [1.54, 1.807) is 0 Å². The smallest absolute Gasteiger partial charge is 0.0681 e. The summed E-state index contributed by atoms with van der Waals surface area (Å²) in [5, 5.41) is 0. The Morgan fingerprint density at radius 1 is 1.42 bits per heavy atom. The van der Waals surface area contributed by atoms with Gasteiger partial charge in [-0.2, -0.15) is 0 Å². The van der Waals surface area contributed by atoms with E-state index in [1.807, 2.05) is 7.11 Å². The molecule has 0 aromatic rings. The van der Waals surface area contributed by atoms with E-state index in [0.717, 1.165) is 11.8 Å². The van der Waals surface area contributed by atoms with Gasteiger partial charge in [-0.25, -0.2) is 0 Å². The van der Waals surface area contributed by atoms with Gasteiger partial charge in [0.25, 0.3) is 0 Å². The SMILES string of the molecule is CCC1(OC)CC(CC(C)C)C1. The minimum Gasteiger partial charge on any atom is -0.378 e. The zero-order valence-electron chi connectivity index (χ0n) is 8.89. The second kappa shape index (κ2) is 3.78. The molecule has 0 unspecified atom stereocenters. The first-order chi connectivity index (χ1) is 5.62. The van der Waals surface area contributed by atoms with Crippen molar-refractivity contribution in [3.05, 3.63) is 0 Å². The highest BCUT2D eigenvalue weighted by Crippen LogP contribution is 2.45. The summed E-state index contributed by atoms with van der Waals surface area (Å²) >= 11 is 0. The van der Waals surface area contributed by atoms with Crippen molar-refractivity contribution in [1.82, 2.24) is 0 Å². The zero-order chi connectivity index (χ0) is 9.19. The maximum atomic E-state index is 5.53. The average Bonchev–Trinajstić information content (AvgIpc) is 1.95. The van der Waals surface area contributed by atoms with E-state index in [-0.39, 0.29) is 5.60 Å². The Balaban J connectivity index is 2.25. The highest BCUT2D eigenvalue weighted by atomic mass is 16.5. The first-order valence-corrected chi connectivity index (χ1v) is 5.17. The summed E-state index contributed by atoms with van der Waals surface area (Å²) < 4.78 is 5.53. The van der Waals surface area contributed by atoms with E-state index in [1.165, 1.54) is 25.7 Å². The number of ether oxygens (including phenoxy) is 1. The summed E-state index contributed by atoms with van der Waals surface area (Å²) in [7, 11) is 1.86. The van der Waals surface area contributed by atoms with Crippen LogP contribution in [0.3, 0.4) is 0 Å². The van der Waals surface area contributed by atoms with Crippen molar-refractivity contribution < 1.29 is 4.74 Å². The Kier molecular flexibility index (Phi) is 3.16. The van der Waals surface area contributed by atoms with Gasteiger partial charge in [-0.3, -0.25) is 0 Å². The number of hydrogen-bond donors (Lipinski definition) is 0. The van der Waals surface area contributed by atoms with Crippen molar-refractivity contribution in [3.63, 3.8) is 0 Å². The van der Waals surface area contributed by atoms with Crippen molar-refractivity contribution in [1.29, 1.82) is 0 Å². The van der Waals surface area contributed by atoms with Crippen LogP contribution in [0.1, 0.15) is 46.5 Å². The summed E-state index contributed by atoms with van der Waals surface area (Å²) in [4.78, 5) is 0. The Hall–Kier alpha value is -0.0400. The standard InChI is InChI=1S/C11H22O/c1-5-11(12-4)7-10(8-11)6-9(2)3/h9-10H,5-8H2,1-4H3. The Labute approximate surface area is 76.5 Å². The lowest BCUT2D eigenvalue weighted by atomic mass is 9.66. The number of hydrogen-bond acceptors (Lipinski definition) is 1. The quantitative estimate of drug-likeness (QED) is 0.629. The van der Waals surface area contributed by atoms with Crippen molar-refractivity contribution in [2.75, 3.05) is 7.11 Å². The van der Waals surface area contributed by atoms with Gasteiger partial charge in [0, 0.05) is 7.11 Å². The lowest BCUT2D eigenvalue weighted by Gasteiger charge is -2.47. The average molecular weight is 170 g/mol. The molecule has 0 spiro atoms. The van der Waals surface area contributed by atoms with Crippen LogP contribution in [0.4, 0.5) is 0 Å². The molecule has 12 heavy (non-hydrogen) atoms. The van der Waals surface area contributed by atoms with Crippen molar-refractivity contribution in [2.45, 2.75) is 52.1 Å². The molecule has 0 saturated heterocycles. The second-order valence-corrected chi connectivity index (χ2v) is 4.64. The van der Waals surface area contributed by atoms with Crippen LogP contribution < -0.4 is 0 Å². The van der Waals surface area contributed by atoms with Crippen molar-refractivity contribution in [3.8, 4) is 0 Å². The van der Waals surface area contributed by atoms with Gasteiger partial charge >= 0.3 is 0 Å². The Bertz CT molecular complexity index is 128. The fraction of sp³-hybridized carbons (Fsp3) is 1.00. The summed E-state index contributed by atoms with van der Waals surface area (Å²) in [6.07, 6.45) is 5.14. The van der Waals surface area contributed by atoms with Crippen LogP contribution >= 0.6 is 0 Å². The third kappa shape index (κ3) is 2.01. The number of rotatable bonds is 4. The molecular weight excluding hydrogens is 148 g/mol. The summed E-state index contributed by atoms with van der Waals surface area (Å²) in [6.45, 7) is 6.84. The second-order valence-electron chi connectivity index (χ2n) is 4.64. The van der Waals surface area contributed by atoms with E-state index < -0.39 is 0 Å². The van der Waals surface area contributed by atoms with E-state index in [2.05, 4.69) is 20.8 Å². The third-order valence-corrected chi connectivity index (χ3v) is 3.20. The highest BCUT2D eigenvalue weighted by Gasteiger charge is 2.42. The molecule has 0 aliphatic heterocycles. The van der Waals surface area contributed by atoms with Crippen LogP contribution in [-0.2, 0) is 4.74 Å². The molecule has 0 heterocycles. The molecule has 1 heteroatoms. The van der Waals surface area contributed by atoms with Gasteiger partial charge in [0.1, 0.15) is 0 Å². The van der Waals surface area contributed by atoms with Crippen LogP contribution in [-0.4, -0.2) is 12.7 Å². The minimum absolute atomic E-state index is 0.263. The lowest BCUT2D eigenvalue weighted by molar-refractivity contribution is -0.111. The molecule has 1 fully saturated rings. The van der Waals surface area contributed by atoms with Gasteiger partial charge in [-0.1, -0.05) is 20.8 Å². The molecule has 1 nitrogen and oxygen atoms in total. The molecule has 1 saturated carbocycles. The fourth-order valence-corrected chi connectivity index (χ4v) is 2.43. The predicted octanol–water partition coefficient (Wildman–Crippen LogP) is 3.24. The highest BCUT2D eigenvalue weighted by molar-refractivity contribution is 4.94. The summed E-state index contributed by atoms with van der Waals surface area (Å²) in [5.41, 5.74) is 0.263. The monoisotopic (exact) mass is 170 g/mol. The van der Waals surface area contributed by atoms with Gasteiger partial charge in [0.15, 0.2) is 0 Å². The van der Waals surface area contributed by atoms with Gasteiger partial charge < -0.3 is 4.74 Å². The van der Waals surface area contributed by atoms with E-state index in [4.69, 9.17) is 4.74 Å². The molecule has 0 amide bonds. The van der Waals surface area contributed by atoms with Crippen molar-refractivity contribution in [2.24, 2.45) is 11.8 Å². The molecule has 1 aliphatic rings. The molecule has 72 valence electrons. The first-order valence-electron chi connectivity index (χ1n) is 5.17. The minimum atomic E-state index is 0.263. The predicted molar refractivity (Wildman–Crippen MR) is 52.2 cm³/mol. The molecule has 0 N–H and O–H groups in total. The number of methoxy groups -OCH3 is 1. The molecule has 1 rings (SSSR count). The molecule has 1 aliphatic carbocycles. The van der Waals surface area contributed by atoms with E-state index in [9.17, 15) is 0 Å². The van der Waals surface area contributed by atoms with Gasteiger partial charge in [0.05, 0.1) is 5.60 Å². The zero-order valence-corrected chi connectivity index (χ0v) is 8.89. The van der Waals surface area contributed by atoms with Gasteiger partial charge in [-0.15, -0.1) is 0 Å². The van der Waals surface area contributed by atoms with Gasteiger partial charge in [0.2, 0.25) is 0 Å². The molecule has 0 radical (unpaired) electrons. The van der Waals surface area contributed by atoms with Crippen LogP contribution in [0.2, 0.25) is 0 Å². The molecule has 0 aromatic heterocycles. The topological polar surface area (TPSA) is 9.23 Å². The maximum Gasteiger partial charge on any atom is 0.0681 e. The van der Waals surface area contributed by atoms with Crippen molar-refractivity contribution >= 4 is 0 Å². The normalized spacial score (nSPS) is 35.2. The van der Waals surface area contributed by atoms with Crippen LogP contribution in [0.5, 0.6) is 0 Å². The molecule has 0 atom stereocenters. The lowest BCUT2D eigenvalue weighted by Crippen LogP contribution is -2.45. The van der Waals surface area contributed by atoms with E-state index in [0.29, 0.717) is 0 Å². The van der Waals surface area contributed by atoms with Crippen LogP contribution in [0, 0.1) is 11.8 Å². The molecule has 0 aromatic carbocycles. The van der Waals surface area contributed by atoms with E-state index >= 15 is 0 Å².